The minimum atomic E-state index is -0.886. The number of rotatable bonds is 30. The lowest BCUT2D eigenvalue weighted by atomic mass is 10.0. The SMILES string of the molecule is CCOc1cccc(OC(=O)OC)c1COc1ccc(C)cc1F.CCc1cccc(OC(=O)OC)c1COc1ccc(C)cc1F.COC(=O)Oc1cccc(C)c1COc1ccc(C)cc1F.COC(=O)Oc1cccc(C2CC2)c1COc1ccc(C)cc1F.COC(=O)Oc1cccc(CO)c1COc1ccc(C)cc1F.COC(=O)Oc1cccc(CS)c1COc1ccc(C)cc1F. The van der Waals surface area contributed by atoms with Crippen LogP contribution in [0, 0.1) is 83.4 Å². The van der Waals surface area contributed by atoms with Gasteiger partial charge in [0.1, 0.15) is 79.9 Å². The first kappa shape index (κ1) is 109. The van der Waals surface area contributed by atoms with Crippen LogP contribution in [-0.2, 0) is 86.8 Å². The number of aliphatic hydroxyl groups excluding tert-OH is 1. The maximum atomic E-state index is 14.0. The number of carbonyl (C=O) groups excluding carboxylic acids is 6. The molecule has 0 unspecified atom stereocenters. The lowest BCUT2D eigenvalue weighted by molar-refractivity contribution is 0.119. The summed E-state index contributed by atoms with van der Waals surface area (Å²) in [4.78, 5) is 68.1. The van der Waals surface area contributed by atoms with E-state index >= 15 is 0 Å². The van der Waals surface area contributed by atoms with Gasteiger partial charge in [0.15, 0.2) is 69.4 Å². The van der Waals surface area contributed by atoms with Gasteiger partial charge in [0.25, 0.3) is 0 Å². The van der Waals surface area contributed by atoms with Crippen LogP contribution < -0.4 is 61.6 Å². The second-order valence-corrected chi connectivity index (χ2v) is 30.7. The van der Waals surface area contributed by atoms with Crippen LogP contribution >= 0.6 is 12.6 Å². The molecule has 0 heterocycles. The van der Waals surface area contributed by atoms with Gasteiger partial charge >= 0.3 is 36.9 Å². The highest BCUT2D eigenvalue weighted by Crippen LogP contribution is 2.45. The number of hydrogen-bond donors (Lipinski definition) is 2. The second-order valence-electron chi connectivity index (χ2n) is 30.3. The van der Waals surface area contributed by atoms with Crippen molar-refractivity contribution in [1.29, 1.82) is 0 Å². The molecule has 1 aliphatic rings. The maximum absolute atomic E-state index is 14.0. The molecular weight excluding hydrogens is 1840 g/mol. The molecule has 0 aliphatic heterocycles. The third-order valence-electron chi connectivity index (χ3n) is 20.3. The van der Waals surface area contributed by atoms with Crippen LogP contribution in [0.25, 0.3) is 0 Å². The van der Waals surface area contributed by atoms with Crippen molar-refractivity contribution in [2.75, 3.05) is 49.3 Å². The standard InChI is InChI=1S/C19H19FO4.C18H19FO5.C18H19FO4.C17H17FO5.C17H17FO4S.C17H17FO4/c1-12-6-9-18(16(20)10-12)23-11-15-14(13-7-8-13)4-3-5-17(15)24-19(21)22-2;1-4-22-15-6-5-7-16(24-18(20)21-3)13(15)11-23-17-9-8-12(2)10-14(17)19;1-4-13-6-5-7-16(23-18(20)21-3)14(13)11-22-17-9-8-12(2)10-15(17)19;1-11-6-7-16(14(18)8-11)22-10-13-12(9-19)4-3-5-15(13)23-17(20)21-2;1-11-6-7-16(14(18)8-11)21-9-13-12(10-23)4-3-5-15(13)22-17(19)20-2;1-11-7-8-16(14(18)9-11)21-10-13-12(2)5-4-6-15(13)22-17(19)20-3/h3-6,9-10,13H,7-8,11H2,1-2H3;5-10H,4,11H2,1-3H3;5-10H,4,11H2,1-3H3;3-8,19H,9-10H2,1-2H3;3-8,23H,9-10H2,1-2H3;4-9H,10H2,1-3H3. The fourth-order valence-corrected chi connectivity index (χ4v) is 13.2. The van der Waals surface area contributed by atoms with E-state index in [-0.39, 0.29) is 92.2 Å². The molecule has 1 N–H and O–H groups in total. The summed E-state index contributed by atoms with van der Waals surface area (Å²) in [5.74, 6) is 1.31. The third-order valence-corrected chi connectivity index (χ3v) is 20.6. The molecule has 0 spiro atoms. The number of benzene rings is 12. The Labute approximate surface area is 807 Å². The average molecular weight is 1940 g/mol. The van der Waals surface area contributed by atoms with Gasteiger partial charge in [-0.3, -0.25) is 0 Å². The van der Waals surface area contributed by atoms with E-state index in [0.29, 0.717) is 80.4 Å². The van der Waals surface area contributed by atoms with Gasteiger partial charge in [0.2, 0.25) is 0 Å². The van der Waals surface area contributed by atoms with Gasteiger partial charge in [-0.2, -0.15) is 12.6 Å². The molecule has 1 fully saturated rings. The molecule has 26 nitrogen and oxygen atoms in total. The molecule has 0 radical (unpaired) electrons. The van der Waals surface area contributed by atoms with Crippen LogP contribution in [0.3, 0.4) is 0 Å². The number of aryl methyl sites for hydroxylation is 8. The van der Waals surface area contributed by atoms with Crippen molar-refractivity contribution < 1.29 is 150 Å². The molecule has 0 atom stereocenters. The van der Waals surface area contributed by atoms with Gasteiger partial charge in [-0.05, 0) is 257 Å². The van der Waals surface area contributed by atoms with Crippen molar-refractivity contribution in [3.05, 3.63) is 348 Å². The van der Waals surface area contributed by atoms with E-state index in [1.54, 1.807) is 173 Å². The van der Waals surface area contributed by atoms with Crippen molar-refractivity contribution >= 4 is 49.6 Å². The predicted molar refractivity (Wildman–Crippen MR) is 506 cm³/mol. The largest absolute Gasteiger partial charge is 0.513 e. The van der Waals surface area contributed by atoms with E-state index in [4.69, 9.17) is 61.6 Å². The number of ether oxygens (including phenoxy) is 19. The number of thiol groups is 1. The van der Waals surface area contributed by atoms with Gasteiger partial charge in [-0.25, -0.2) is 55.1 Å². The first-order valence-electron chi connectivity index (χ1n) is 43.2. The normalized spacial score (nSPS) is 10.8. The zero-order chi connectivity index (χ0) is 101. The molecule has 0 saturated heterocycles. The van der Waals surface area contributed by atoms with E-state index in [9.17, 15) is 60.2 Å². The number of halogens is 6. The Morgan fingerprint density at radius 3 is 0.827 bits per heavy atom. The quantitative estimate of drug-likeness (QED) is 0.0139. The Bertz CT molecular complexity index is 5860. The Morgan fingerprint density at radius 2 is 0.532 bits per heavy atom. The number of methoxy groups -OCH3 is 6. The van der Waals surface area contributed by atoms with Crippen LogP contribution in [0.15, 0.2) is 218 Å². The average Bonchev–Trinajstić information content (AvgIpc) is 1.67. The number of carbonyl (C=O) groups is 6. The van der Waals surface area contributed by atoms with E-state index in [2.05, 4.69) is 41.0 Å². The fraction of sp³-hybridized carbons (Fsp3) is 0.264. The molecule has 1 saturated carbocycles. The Balaban J connectivity index is 0.000000205. The summed E-state index contributed by atoms with van der Waals surface area (Å²) in [6.07, 6.45) is -2.06. The van der Waals surface area contributed by atoms with Crippen LogP contribution in [-0.4, -0.2) is 91.3 Å². The molecular formula is C106H108F6O26S. The summed E-state index contributed by atoms with van der Waals surface area (Å²) in [6.45, 7) is 16.9. The highest BCUT2D eigenvalue weighted by Gasteiger charge is 2.30. The molecule has 12 aromatic rings. The Morgan fingerprint density at radius 1 is 0.288 bits per heavy atom. The van der Waals surface area contributed by atoms with Crippen molar-refractivity contribution in [1.82, 2.24) is 0 Å². The fourth-order valence-electron chi connectivity index (χ4n) is 12.9. The van der Waals surface area contributed by atoms with Crippen molar-refractivity contribution in [2.24, 2.45) is 0 Å². The topological polar surface area (TPSA) is 298 Å². The van der Waals surface area contributed by atoms with Gasteiger partial charge in [-0.1, -0.05) is 110 Å². The Kier molecular flexibility index (Phi) is 43.7. The van der Waals surface area contributed by atoms with Crippen LogP contribution in [0.5, 0.6) is 74.7 Å². The molecule has 33 heteroatoms. The molecule has 0 bridgehead atoms. The smallest absolute Gasteiger partial charge is 0.493 e. The molecule has 0 amide bonds. The monoisotopic (exact) mass is 1940 g/mol. The third kappa shape index (κ3) is 34.2. The van der Waals surface area contributed by atoms with Crippen molar-refractivity contribution in [3.63, 3.8) is 0 Å². The number of aliphatic hydroxyl groups is 1. The van der Waals surface area contributed by atoms with E-state index in [0.717, 1.165) is 80.5 Å². The van der Waals surface area contributed by atoms with Crippen LogP contribution in [0.4, 0.5) is 55.1 Å². The van der Waals surface area contributed by atoms with E-state index in [1.165, 1.54) is 85.1 Å². The first-order chi connectivity index (χ1) is 66.8. The molecule has 13 rings (SSSR count). The summed E-state index contributed by atoms with van der Waals surface area (Å²) < 4.78 is 180. The summed E-state index contributed by atoms with van der Waals surface area (Å²) in [5.41, 5.74) is 12.7. The van der Waals surface area contributed by atoms with E-state index in [1.807, 2.05) is 65.0 Å². The summed E-state index contributed by atoms with van der Waals surface area (Å²) in [6, 6.07) is 59.4. The van der Waals surface area contributed by atoms with Gasteiger partial charge in [-0.15, -0.1) is 0 Å². The highest BCUT2D eigenvalue weighted by molar-refractivity contribution is 7.79. The Hall–Kier alpha value is -15.3. The van der Waals surface area contributed by atoms with Gasteiger partial charge in [0.05, 0.1) is 61.4 Å². The summed E-state index contributed by atoms with van der Waals surface area (Å²) in [7, 11) is 7.36. The van der Waals surface area contributed by atoms with Crippen molar-refractivity contribution in [3.8, 4) is 74.7 Å². The summed E-state index contributed by atoms with van der Waals surface area (Å²) >= 11 is 4.25. The zero-order valence-electron chi connectivity index (χ0n) is 79.2. The molecule has 139 heavy (non-hydrogen) atoms. The minimum Gasteiger partial charge on any atom is -0.493 e. The maximum Gasteiger partial charge on any atom is 0.513 e. The van der Waals surface area contributed by atoms with Crippen LogP contribution in [0.1, 0.15) is 127 Å². The number of hydrogen-bond acceptors (Lipinski definition) is 27. The molecule has 736 valence electrons. The second kappa shape index (κ2) is 55.7. The highest BCUT2D eigenvalue weighted by atomic mass is 32.1. The predicted octanol–water partition coefficient (Wildman–Crippen LogP) is 25.2. The molecule has 1 aliphatic carbocycles. The lowest BCUT2D eigenvalue weighted by Gasteiger charge is -2.15. The summed E-state index contributed by atoms with van der Waals surface area (Å²) in [5, 5.41) is 9.42. The zero-order valence-corrected chi connectivity index (χ0v) is 80.1. The lowest BCUT2D eigenvalue weighted by Crippen LogP contribution is -2.11. The van der Waals surface area contributed by atoms with E-state index < -0.39 is 71.8 Å². The minimum absolute atomic E-state index is 0.0253. The van der Waals surface area contributed by atoms with Gasteiger partial charge in [0, 0.05) is 33.6 Å². The molecule has 0 aromatic heterocycles. The van der Waals surface area contributed by atoms with Crippen molar-refractivity contribution in [2.45, 2.75) is 139 Å². The van der Waals surface area contributed by atoms with Crippen LogP contribution in [0.2, 0.25) is 0 Å². The van der Waals surface area contributed by atoms with Gasteiger partial charge < -0.3 is 95.1 Å². The molecule has 12 aromatic carbocycles. The first-order valence-corrected chi connectivity index (χ1v) is 43.8.